The van der Waals surface area contributed by atoms with Gasteiger partial charge in [0.2, 0.25) is 0 Å². The van der Waals surface area contributed by atoms with Crippen LogP contribution in [-0.4, -0.2) is 17.3 Å². The smallest absolute Gasteiger partial charge is 0.128 e. The SMILES string of the molecule is CC(C)(CO)[NH2+]Cc1cc(Br)ccc1OCc1ccccc1. The topological polar surface area (TPSA) is 46.1 Å². The third-order valence-electron chi connectivity index (χ3n) is 3.54. The first kappa shape index (κ1) is 17.0. The predicted octanol–water partition coefficient (Wildman–Crippen LogP) is 2.86. The molecule has 0 bridgehead atoms. The van der Waals surface area contributed by atoms with E-state index in [1.165, 1.54) is 0 Å². The van der Waals surface area contributed by atoms with Gasteiger partial charge in [-0.05, 0) is 37.6 Å². The normalized spacial score (nSPS) is 11.5. The van der Waals surface area contributed by atoms with Crippen molar-refractivity contribution >= 4 is 15.9 Å². The molecule has 2 aromatic carbocycles. The van der Waals surface area contributed by atoms with Crippen molar-refractivity contribution in [1.29, 1.82) is 0 Å². The van der Waals surface area contributed by atoms with Crippen molar-refractivity contribution in [2.45, 2.75) is 32.5 Å². The van der Waals surface area contributed by atoms with Gasteiger partial charge in [-0.15, -0.1) is 0 Å². The number of halogens is 1. The molecule has 2 aromatic rings. The number of hydrogen-bond acceptors (Lipinski definition) is 2. The number of ether oxygens (including phenoxy) is 1. The lowest BCUT2D eigenvalue weighted by Crippen LogP contribution is -2.95. The summed E-state index contributed by atoms with van der Waals surface area (Å²) in [5, 5.41) is 11.5. The lowest BCUT2D eigenvalue weighted by molar-refractivity contribution is -0.736. The summed E-state index contributed by atoms with van der Waals surface area (Å²) < 4.78 is 7.01. The standard InChI is InChI=1S/C18H22BrNO2/c1-18(2,13-21)20-11-15-10-16(19)8-9-17(15)22-12-14-6-4-3-5-7-14/h3-10,20-21H,11-13H2,1-2H3/p+1. The van der Waals surface area contributed by atoms with E-state index in [4.69, 9.17) is 4.74 Å². The van der Waals surface area contributed by atoms with Crippen molar-refractivity contribution in [2.24, 2.45) is 0 Å². The highest BCUT2D eigenvalue weighted by atomic mass is 79.9. The summed E-state index contributed by atoms with van der Waals surface area (Å²) in [4.78, 5) is 0. The summed E-state index contributed by atoms with van der Waals surface area (Å²) in [6.45, 7) is 5.50. The van der Waals surface area contributed by atoms with E-state index in [9.17, 15) is 5.11 Å². The van der Waals surface area contributed by atoms with Crippen LogP contribution in [0.1, 0.15) is 25.0 Å². The first-order chi connectivity index (χ1) is 10.5. The van der Waals surface area contributed by atoms with E-state index in [1.54, 1.807) is 0 Å². The van der Waals surface area contributed by atoms with Crippen LogP contribution in [0.4, 0.5) is 0 Å². The van der Waals surface area contributed by atoms with Crippen LogP contribution in [0.5, 0.6) is 5.75 Å². The second-order valence-electron chi connectivity index (χ2n) is 6.08. The van der Waals surface area contributed by atoms with Gasteiger partial charge in [0.05, 0.1) is 6.61 Å². The second-order valence-corrected chi connectivity index (χ2v) is 7.00. The summed E-state index contributed by atoms with van der Waals surface area (Å²) in [7, 11) is 0. The molecule has 0 unspecified atom stereocenters. The van der Waals surface area contributed by atoms with E-state index in [0.717, 1.165) is 27.9 Å². The number of aliphatic hydroxyl groups is 1. The van der Waals surface area contributed by atoms with Crippen molar-refractivity contribution in [1.82, 2.24) is 0 Å². The molecule has 0 heterocycles. The maximum Gasteiger partial charge on any atom is 0.128 e. The summed E-state index contributed by atoms with van der Waals surface area (Å²) in [6, 6.07) is 16.2. The minimum absolute atomic E-state index is 0.140. The zero-order chi connectivity index (χ0) is 16.0. The molecule has 4 heteroatoms. The average molecular weight is 365 g/mol. The van der Waals surface area contributed by atoms with Crippen LogP contribution in [0.25, 0.3) is 0 Å². The van der Waals surface area contributed by atoms with E-state index in [1.807, 2.05) is 44.2 Å². The monoisotopic (exact) mass is 364 g/mol. The third kappa shape index (κ3) is 5.13. The van der Waals surface area contributed by atoms with Crippen molar-refractivity contribution in [3.8, 4) is 5.75 Å². The highest BCUT2D eigenvalue weighted by molar-refractivity contribution is 9.10. The van der Waals surface area contributed by atoms with Crippen LogP contribution >= 0.6 is 15.9 Å². The zero-order valence-corrected chi connectivity index (χ0v) is 14.6. The molecular formula is C18H23BrNO2+. The molecule has 0 spiro atoms. The van der Waals surface area contributed by atoms with E-state index < -0.39 is 0 Å². The van der Waals surface area contributed by atoms with Gasteiger partial charge >= 0.3 is 0 Å². The first-order valence-electron chi connectivity index (χ1n) is 7.40. The van der Waals surface area contributed by atoms with Crippen molar-refractivity contribution in [3.63, 3.8) is 0 Å². The van der Waals surface area contributed by atoms with Gasteiger partial charge in [-0.25, -0.2) is 0 Å². The number of quaternary nitrogens is 1. The Morgan fingerprint density at radius 1 is 1.14 bits per heavy atom. The molecule has 0 amide bonds. The van der Waals surface area contributed by atoms with Crippen LogP contribution in [0.2, 0.25) is 0 Å². The Balaban J connectivity index is 2.07. The Hall–Kier alpha value is -1.36. The molecule has 0 aliphatic heterocycles. The van der Waals surface area contributed by atoms with E-state index >= 15 is 0 Å². The molecule has 3 nitrogen and oxygen atoms in total. The predicted molar refractivity (Wildman–Crippen MR) is 91.7 cm³/mol. The first-order valence-corrected chi connectivity index (χ1v) is 8.20. The lowest BCUT2D eigenvalue weighted by Gasteiger charge is -2.21. The third-order valence-corrected chi connectivity index (χ3v) is 4.04. The largest absolute Gasteiger partial charge is 0.488 e. The van der Waals surface area contributed by atoms with Crippen molar-refractivity contribution in [3.05, 3.63) is 64.1 Å². The fraction of sp³-hybridized carbons (Fsp3) is 0.333. The summed E-state index contributed by atoms with van der Waals surface area (Å²) in [5.41, 5.74) is 2.07. The molecule has 0 radical (unpaired) electrons. The Morgan fingerprint density at radius 2 is 1.86 bits per heavy atom. The van der Waals surface area contributed by atoms with E-state index in [0.29, 0.717) is 6.61 Å². The van der Waals surface area contributed by atoms with Crippen molar-refractivity contribution in [2.75, 3.05) is 6.61 Å². The minimum Gasteiger partial charge on any atom is -0.488 e. The van der Waals surface area contributed by atoms with Crippen LogP contribution in [0.3, 0.4) is 0 Å². The lowest BCUT2D eigenvalue weighted by atomic mass is 10.1. The molecule has 0 atom stereocenters. The van der Waals surface area contributed by atoms with E-state index in [-0.39, 0.29) is 12.1 Å². The molecule has 22 heavy (non-hydrogen) atoms. The van der Waals surface area contributed by atoms with Gasteiger partial charge in [0.1, 0.15) is 24.4 Å². The molecule has 0 saturated heterocycles. The Labute approximate surface area is 140 Å². The summed E-state index contributed by atoms with van der Waals surface area (Å²) in [5.74, 6) is 0.886. The molecule has 2 rings (SSSR count). The van der Waals surface area contributed by atoms with Gasteiger partial charge in [0.15, 0.2) is 0 Å². The Bertz CT molecular complexity index is 599. The molecule has 0 fully saturated rings. The number of rotatable bonds is 7. The fourth-order valence-corrected chi connectivity index (χ4v) is 2.44. The maximum atomic E-state index is 9.38. The Morgan fingerprint density at radius 3 is 2.55 bits per heavy atom. The maximum absolute atomic E-state index is 9.38. The molecule has 118 valence electrons. The van der Waals surface area contributed by atoms with Gasteiger partial charge in [0, 0.05) is 10.0 Å². The van der Waals surface area contributed by atoms with Gasteiger partial charge in [-0.2, -0.15) is 0 Å². The number of aliphatic hydroxyl groups excluding tert-OH is 1. The van der Waals surface area contributed by atoms with Gasteiger partial charge in [-0.3, -0.25) is 0 Å². The van der Waals surface area contributed by atoms with Gasteiger partial charge < -0.3 is 15.2 Å². The van der Waals surface area contributed by atoms with Crippen LogP contribution in [0.15, 0.2) is 53.0 Å². The quantitative estimate of drug-likeness (QED) is 0.793. The average Bonchev–Trinajstić information content (AvgIpc) is 2.53. The Kier molecular flexibility index (Phi) is 6.00. The molecule has 3 N–H and O–H groups in total. The number of benzene rings is 2. The number of hydrogen-bond donors (Lipinski definition) is 2. The van der Waals surface area contributed by atoms with Gasteiger partial charge in [-0.1, -0.05) is 46.3 Å². The molecule has 0 saturated carbocycles. The second kappa shape index (κ2) is 7.77. The number of nitrogens with two attached hydrogens (primary N) is 1. The van der Waals surface area contributed by atoms with Crippen LogP contribution in [0, 0.1) is 0 Å². The zero-order valence-electron chi connectivity index (χ0n) is 13.1. The van der Waals surface area contributed by atoms with Crippen LogP contribution in [-0.2, 0) is 13.2 Å². The van der Waals surface area contributed by atoms with Crippen molar-refractivity contribution < 1.29 is 15.2 Å². The molecule has 0 aliphatic rings. The highest BCUT2D eigenvalue weighted by Crippen LogP contribution is 2.23. The minimum atomic E-state index is -0.195. The van der Waals surface area contributed by atoms with Crippen LogP contribution < -0.4 is 10.1 Å². The highest BCUT2D eigenvalue weighted by Gasteiger charge is 2.20. The summed E-state index contributed by atoms with van der Waals surface area (Å²) >= 11 is 3.51. The van der Waals surface area contributed by atoms with E-state index in [2.05, 4.69) is 39.4 Å². The van der Waals surface area contributed by atoms with Gasteiger partial charge in [0.25, 0.3) is 0 Å². The molecule has 0 aliphatic carbocycles. The summed E-state index contributed by atoms with van der Waals surface area (Å²) in [6.07, 6.45) is 0. The fourth-order valence-electron chi connectivity index (χ4n) is 2.03. The molecular weight excluding hydrogens is 342 g/mol. The molecule has 0 aromatic heterocycles.